The van der Waals surface area contributed by atoms with Gasteiger partial charge in [0.25, 0.3) is 0 Å². The van der Waals surface area contributed by atoms with Gasteiger partial charge >= 0.3 is 0 Å². The van der Waals surface area contributed by atoms with Crippen LogP contribution in [0.1, 0.15) is 44.9 Å². The molecular weight excluding hydrogens is 234 g/mol. The van der Waals surface area contributed by atoms with Crippen molar-refractivity contribution in [1.82, 2.24) is 10.2 Å². The van der Waals surface area contributed by atoms with Crippen molar-refractivity contribution >= 4 is 0 Å². The quantitative estimate of drug-likeness (QED) is 0.819. The molecular formula is C16H29N3. The first-order valence-electron chi connectivity index (χ1n) is 8.23. The zero-order chi connectivity index (χ0) is 13.1. The van der Waals surface area contributed by atoms with Crippen molar-refractivity contribution in [3.63, 3.8) is 0 Å². The lowest BCUT2D eigenvalue weighted by Crippen LogP contribution is -2.41. The molecule has 3 nitrogen and oxygen atoms in total. The van der Waals surface area contributed by atoms with Gasteiger partial charge in [-0.1, -0.05) is 5.57 Å². The largest absolute Gasteiger partial charge is 0.402 e. The predicted molar refractivity (Wildman–Crippen MR) is 79.8 cm³/mol. The minimum absolute atomic E-state index is 0.694. The molecule has 0 aromatic heterocycles. The lowest BCUT2D eigenvalue weighted by atomic mass is 9.83. The Hall–Kier alpha value is -0.540. The lowest BCUT2D eigenvalue weighted by molar-refractivity contribution is 0.157. The molecule has 0 aromatic rings. The van der Waals surface area contributed by atoms with Crippen LogP contribution in [0.4, 0.5) is 0 Å². The molecule has 0 spiro atoms. The summed E-state index contributed by atoms with van der Waals surface area (Å²) in [5, 5.41) is 3.46. The van der Waals surface area contributed by atoms with Crippen molar-refractivity contribution in [3.8, 4) is 0 Å². The summed E-state index contributed by atoms with van der Waals surface area (Å²) in [4.78, 5) is 2.69. The monoisotopic (exact) mass is 263 g/mol. The molecule has 0 aromatic carbocycles. The molecule has 0 radical (unpaired) electrons. The van der Waals surface area contributed by atoms with Crippen molar-refractivity contribution < 1.29 is 0 Å². The van der Waals surface area contributed by atoms with Gasteiger partial charge in [-0.3, -0.25) is 0 Å². The maximum absolute atomic E-state index is 6.34. The van der Waals surface area contributed by atoms with Gasteiger partial charge in [0.15, 0.2) is 0 Å². The van der Waals surface area contributed by atoms with E-state index in [1.165, 1.54) is 83.4 Å². The average molecular weight is 263 g/mol. The fourth-order valence-corrected chi connectivity index (χ4v) is 3.79. The molecule has 3 heteroatoms. The molecule has 19 heavy (non-hydrogen) atoms. The second kappa shape index (κ2) is 6.27. The maximum atomic E-state index is 6.34. The molecule has 3 aliphatic rings. The fraction of sp³-hybridized carbons (Fsp3) is 0.875. The van der Waals surface area contributed by atoms with Gasteiger partial charge in [-0.15, -0.1) is 0 Å². The normalized spacial score (nSPS) is 27.3. The number of rotatable bonds is 3. The third kappa shape index (κ3) is 3.32. The van der Waals surface area contributed by atoms with E-state index in [2.05, 4.69) is 10.2 Å². The van der Waals surface area contributed by atoms with E-state index in [1.807, 2.05) is 0 Å². The van der Waals surface area contributed by atoms with Crippen molar-refractivity contribution in [2.75, 3.05) is 32.7 Å². The Bertz CT molecular complexity index is 317. The topological polar surface area (TPSA) is 41.3 Å². The molecule has 1 aliphatic carbocycles. The zero-order valence-corrected chi connectivity index (χ0v) is 12.2. The van der Waals surface area contributed by atoms with Crippen LogP contribution in [0.15, 0.2) is 11.3 Å². The Morgan fingerprint density at radius 2 is 1.79 bits per heavy atom. The smallest absolute Gasteiger partial charge is 0.0105 e. The SMILES string of the molecule is NC(=C1CCC1)C1CCN(CC2CCNCC2)CC1. The van der Waals surface area contributed by atoms with E-state index in [0.29, 0.717) is 5.92 Å². The highest BCUT2D eigenvalue weighted by Crippen LogP contribution is 2.33. The first kappa shape index (κ1) is 13.4. The van der Waals surface area contributed by atoms with Crippen molar-refractivity contribution in [1.29, 1.82) is 0 Å². The minimum Gasteiger partial charge on any atom is -0.402 e. The third-order valence-corrected chi connectivity index (χ3v) is 5.37. The van der Waals surface area contributed by atoms with E-state index in [0.717, 1.165) is 5.92 Å². The second-order valence-corrected chi connectivity index (χ2v) is 6.68. The van der Waals surface area contributed by atoms with Crippen LogP contribution in [0, 0.1) is 11.8 Å². The number of nitrogens with two attached hydrogens (primary N) is 1. The fourth-order valence-electron chi connectivity index (χ4n) is 3.79. The second-order valence-electron chi connectivity index (χ2n) is 6.68. The Labute approximate surface area is 117 Å². The van der Waals surface area contributed by atoms with E-state index in [4.69, 9.17) is 5.73 Å². The summed E-state index contributed by atoms with van der Waals surface area (Å²) in [6, 6.07) is 0. The first-order valence-corrected chi connectivity index (χ1v) is 8.23. The van der Waals surface area contributed by atoms with Gasteiger partial charge in [-0.2, -0.15) is 0 Å². The molecule has 3 N–H and O–H groups in total. The lowest BCUT2D eigenvalue weighted by Gasteiger charge is -2.36. The number of nitrogens with one attached hydrogen (secondary N) is 1. The van der Waals surface area contributed by atoms with E-state index in [9.17, 15) is 0 Å². The summed E-state index contributed by atoms with van der Waals surface area (Å²) in [5.41, 5.74) is 9.19. The van der Waals surface area contributed by atoms with Gasteiger partial charge in [0, 0.05) is 18.2 Å². The molecule has 3 fully saturated rings. The van der Waals surface area contributed by atoms with Crippen LogP contribution in [0.2, 0.25) is 0 Å². The number of nitrogens with zero attached hydrogens (tertiary/aromatic N) is 1. The average Bonchev–Trinajstić information content (AvgIpc) is 2.39. The molecule has 0 atom stereocenters. The highest BCUT2D eigenvalue weighted by Gasteiger charge is 2.26. The Balaban J connectivity index is 1.44. The maximum Gasteiger partial charge on any atom is 0.0105 e. The highest BCUT2D eigenvalue weighted by atomic mass is 15.1. The number of allylic oxidation sites excluding steroid dienone is 2. The van der Waals surface area contributed by atoms with Crippen molar-refractivity contribution in [2.24, 2.45) is 17.6 Å². The van der Waals surface area contributed by atoms with Crippen molar-refractivity contribution in [3.05, 3.63) is 11.3 Å². The highest BCUT2D eigenvalue weighted by molar-refractivity contribution is 5.19. The van der Waals surface area contributed by atoms with Crippen LogP contribution >= 0.6 is 0 Å². The third-order valence-electron chi connectivity index (χ3n) is 5.37. The predicted octanol–water partition coefficient (Wildman–Crippen LogP) is 2.09. The molecule has 1 saturated carbocycles. The Kier molecular flexibility index (Phi) is 4.44. The summed E-state index contributed by atoms with van der Waals surface area (Å²) >= 11 is 0. The molecule has 0 unspecified atom stereocenters. The van der Waals surface area contributed by atoms with Gasteiger partial charge in [0.2, 0.25) is 0 Å². The van der Waals surface area contributed by atoms with Crippen molar-refractivity contribution in [2.45, 2.75) is 44.9 Å². The molecule has 2 saturated heterocycles. The van der Waals surface area contributed by atoms with Gasteiger partial charge in [-0.05, 0) is 77.0 Å². The molecule has 3 rings (SSSR count). The van der Waals surface area contributed by atoms with E-state index < -0.39 is 0 Å². The number of hydrogen-bond donors (Lipinski definition) is 2. The molecule has 0 amide bonds. The number of hydrogen-bond acceptors (Lipinski definition) is 3. The summed E-state index contributed by atoms with van der Waals surface area (Å²) < 4.78 is 0. The number of likely N-dealkylation sites (tertiary alicyclic amines) is 1. The minimum atomic E-state index is 0.694. The van der Waals surface area contributed by atoms with E-state index >= 15 is 0 Å². The van der Waals surface area contributed by atoms with Crippen LogP contribution in [0.3, 0.4) is 0 Å². The van der Waals surface area contributed by atoms with Crippen LogP contribution < -0.4 is 11.1 Å². The summed E-state index contributed by atoms with van der Waals surface area (Å²) in [7, 11) is 0. The van der Waals surface area contributed by atoms with Gasteiger partial charge < -0.3 is 16.0 Å². The Morgan fingerprint density at radius 3 is 2.37 bits per heavy atom. The van der Waals surface area contributed by atoms with E-state index in [1.54, 1.807) is 5.57 Å². The van der Waals surface area contributed by atoms with Gasteiger partial charge in [0.1, 0.15) is 0 Å². The van der Waals surface area contributed by atoms with Gasteiger partial charge in [0.05, 0.1) is 0 Å². The molecule has 108 valence electrons. The Morgan fingerprint density at radius 1 is 1.11 bits per heavy atom. The summed E-state index contributed by atoms with van der Waals surface area (Å²) in [5.74, 6) is 1.62. The van der Waals surface area contributed by atoms with Gasteiger partial charge in [-0.25, -0.2) is 0 Å². The van der Waals surface area contributed by atoms with Crippen LogP contribution in [-0.2, 0) is 0 Å². The molecule has 2 heterocycles. The number of piperidine rings is 2. The molecule has 0 bridgehead atoms. The summed E-state index contributed by atoms with van der Waals surface area (Å²) in [6.07, 6.45) is 9.24. The molecule has 2 aliphatic heterocycles. The first-order chi connectivity index (χ1) is 9.33. The van der Waals surface area contributed by atoms with Crippen LogP contribution in [-0.4, -0.2) is 37.6 Å². The van der Waals surface area contributed by atoms with Crippen LogP contribution in [0.25, 0.3) is 0 Å². The summed E-state index contributed by atoms with van der Waals surface area (Å²) in [6.45, 7) is 6.30. The van der Waals surface area contributed by atoms with Crippen LogP contribution in [0.5, 0.6) is 0 Å². The van der Waals surface area contributed by atoms with E-state index in [-0.39, 0.29) is 0 Å². The zero-order valence-electron chi connectivity index (χ0n) is 12.2. The standard InChI is InChI=1S/C16H29N3/c17-16(14-2-1-3-14)15-6-10-19(11-7-15)12-13-4-8-18-9-5-13/h13,15,18H,1-12,17H2.